The van der Waals surface area contributed by atoms with Gasteiger partial charge in [0, 0.05) is 48.7 Å². The maximum Gasteiger partial charge on any atom is 0.129 e. The monoisotopic (exact) mass is 413 g/mol. The van der Waals surface area contributed by atoms with Crippen LogP contribution in [0.4, 0.5) is 10.1 Å². The molecular formula is C25H24FN5. The molecule has 2 aliphatic rings. The molecule has 0 bridgehead atoms. The molecule has 1 saturated heterocycles. The van der Waals surface area contributed by atoms with Crippen molar-refractivity contribution in [1.82, 2.24) is 19.3 Å². The van der Waals surface area contributed by atoms with E-state index < -0.39 is 0 Å². The molecule has 0 saturated carbocycles. The zero-order valence-electron chi connectivity index (χ0n) is 17.4. The largest absolute Gasteiger partial charge is 0.372 e. The van der Waals surface area contributed by atoms with Crippen LogP contribution in [0.2, 0.25) is 0 Å². The van der Waals surface area contributed by atoms with Crippen molar-refractivity contribution in [2.24, 2.45) is 13.0 Å². The summed E-state index contributed by atoms with van der Waals surface area (Å²) in [5.41, 5.74) is 6.43. The van der Waals surface area contributed by atoms with Crippen LogP contribution in [0.3, 0.4) is 0 Å². The van der Waals surface area contributed by atoms with E-state index in [4.69, 9.17) is 0 Å². The number of anilines is 1. The van der Waals surface area contributed by atoms with Crippen molar-refractivity contribution < 1.29 is 4.39 Å². The molecule has 0 radical (unpaired) electrons. The molecule has 2 aromatic heterocycles. The summed E-state index contributed by atoms with van der Waals surface area (Å²) in [6, 6.07) is 14.2. The number of aryl methyl sites for hydroxylation is 1. The highest BCUT2D eigenvalue weighted by Crippen LogP contribution is 2.46. The maximum atomic E-state index is 14.8. The lowest BCUT2D eigenvalue weighted by atomic mass is 9.85. The molecule has 0 amide bonds. The van der Waals surface area contributed by atoms with Crippen LogP contribution in [-0.4, -0.2) is 32.4 Å². The molecule has 6 heteroatoms. The number of fused-ring (bicyclic) bond motifs is 3. The SMILES string of the molecule is Cn1cc(-c2ccc(N3CCC(C4c5c(F)cccc5-c5cncn54)CC3)cc2)cn1. The smallest absolute Gasteiger partial charge is 0.129 e. The van der Waals surface area contributed by atoms with Crippen LogP contribution in [0.5, 0.6) is 0 Å². The maximum absolute atomic E-state index is 14.8. The van der Waals surface area contributed by atoms with Gasteiger partial charge in [0.1, 0.15) is 5.82 Å². The zero-order valence-corrected chi connectivity index (χ0v) is 17.4. The van der Waals surface area contributed by atoms with E-state index in [-0.39, 0.29) is 11.9 Å². The lowest BCUT2D eigenvalue weighted by molar-refractivity contribution is 0.312. The standard InChI is InChI=1S/C25H24FN5/c1-29-15-19(13-28-29)17-5-7-20(8-6-17)30-11-9-18(10-12-30)25-24-21(3-2-4-22(24)26)23-14-27-16-31(23)25/h2-8,13-16,18,25H,9-12H2,1H3. The molecule has 1 unspecified atom stereocenters. The fraction of sp³-hybridized carbons (Fsp3) is 0.280. The van der Waals surface area contributed by atoms with Gasteiger partial charge in [0.05, 0.1) is 30.5 Å². The van der Waals surface area contributed by atoms with E-state index in [0.29, 0.717) is 5.92 Å². The van der Waals surface area contributed by atoms with Gasteiger partial charge in [-0.3, -0.25) is 4.68 Å². The number of aromatic nitrogens is 4. The molecular weight excluding hydrogens is 389 g/mol. The van der Waals surface area contributed by atoms with E-state index in [0.717, 1.165) is 48.3 Å². The molecule has 2 aliphatic heterocycles. The summed E-state index contributed by atoms with van der Waals surface area (Å²) < 4.78 is 18.8. The highest BCUT2D eigenvalue weighted by molar-refractivity contribution is 5.69. The molecule has 4 heterocycles. The van der Waals surface area contributed by atoms with Crippen molar-refractivity contribution in [1.29, 1.82) is 0 Å². The third kappa shape index (κ3) is 2.97. The molecule has 31 heavy (non-hydrogen) atoms. The molecule has 0 aliphatic carbocycles. The molecule has 5 nitrogen and oxygen atoms in total. The minimum Gasteiger partial charge on any atom is -0.372 e. The zero-order chi connectivity index (χ0) is 20.9. The van der Waals surface area contributed by atoms with E-state index >= 15 is 0 Å². The van der Waals surface area contributed by atoms with Crippen molar-refractivity contribution in [2.75, 3.05) is 18.0 Å². The van der Waals surface area contributed by atoms with Crippen molar-refractivity contribution >= 4 is 5.69 Å². The highest BCUT2D eigenvalue weighted by Gasteiger charge is 2.37. The number of nitrogens with zero attached hydrogens (tertiary/aromatic N) is 5. The van der Waals surface area contributed by atoms with Crippen LogP contribution >= 0.6 is 0 Å². The van der Waals surface area contributed by atoms with Gasteiger partial charge in [-0.15, -0.1) is 0 Å². The van der Waals surface area contributed by atoms with E-state index in [9.17, 15) is 4.39 Å². The first-order chi connectivity index (χ1) is 15.2. The van der Waals surface area contributed by atoms with Crippen molar-refractivity contribution in [3.8, 4) is 22.4 Å². The summed E-state index contributed by atoms with van der Waals surface area (Å²) in [6.45, 7) is 1.95. The summed E-state index contributed by atoms with van der Waals surface area (Å²) in [5, 5.41) is 4.26. The Labute approximate surface area is 180 Å². The minimum absolute atomic E-state index is 0.0452. The van der Waals surface area contributed by atoms with Gasteiger partial charge in [-0.05, 0) is 42.5 Å². The van der Waals surface area contributed by atoms with Crippen LogP contribution in [0.15, 0.2) is 67.4 Å². The van der Waals surface area contributed by atoms with Crippen molar-refractivity contribution in [2.45, 2.75) is 18.9 Å². The lowest BCUT2D eigenvalue weighted by Crippen LogP contribution is -2.36. The highest BCUT2D eigenvalue weighted by atomic mass is 19.1. The van der Waals surface area contributed by atoms with Gasteiger partial charge >= 0.3 is 0 Å². The molecule has 4 aromatic rings. The molecule has 1 atom stereocenters. The third-order valence-corrected chi connectivity index (χ3v) is 6.85. The molecule has 156 valence electrons. The predicted molar refractivity (Wildman–Crippen MR) is 119 cm³/mol. The molecule has 6 rings (SSSR count). The van der Waals surface area contributed by atoms with Crippen molar-refractivity contribution in [3.05, 3.63) is 78.8 Å². The Morgan fingerprint density at radius 2 is 1.77 bits per heavy atom. The van der Waals surface area contributed by atoms with Gasteiger partial charge in [-0.25, -0.2) is 9.37 Å². The van der Waals surface area contributed by atoms with Crippen LogP contribution in [0.25, 0.3) is 22.4 Å². The number of piperidine rings is 1. The summed E-state index contributed by atoms with van der Waals surface area (Å²) in [7, 11) is 1.93. The quantitative estimate of drug-likeness (QED) is 0.479. The van der Waals surface area contributed by atoms with Crippen LogP contribution < -0.4 is 4.90 Å². The molecule has 0 spiro atoms. The topological polar surface area (TPSA) is 38.9 Å². The number of imidazole rings is 1. The predicted octanol–water partition coefficient (Wildman–Crippen LogP) is 4.91. The Morgan fingerprint density at radius 1 is 0.968 bits per heavy atom. The summed E-state index contributed by atoms with van der Waals surface area (Å²) in [4.78, 5) is 6.78. The molecule has 1 fully saturated rings. The number of hydrogen-bond acceptors (Lipinski definition) is 3. The Hall–Kier alpha value is -3.41. The third-order valence-electron chi connectivity index (χ3n) is 6.85. The second-order valence-electron chi connectivity index (χ2n) is 8.61. The van der Waals surface area contributed by atoms with E-state index in [2.05, 4.69) is 43.8 Å². The average Bonchev–Trinajstić information content (AvgIpc) is 3.51. The Bertz CT molecular complexity index is 1230. The molecule has 0 N–H and O–H groups in total. The van der Waals surface area contributed by atoms with Gasteiger partial charge in [0.2, 0.25) is 0 Å². The van der Waals surface area contributed by atoms with Crippen LogP contribution in [-0.2, 0) is 7.05 Å². The normalized spacial score (nSPS) is 18.3. The van der Waals surface area contributed by atoms with E-state index in [1.54, 1.807) is 12.1 Å². The fourth-order valence-electron chi connectivity index (χ4n) is 5.31. The molecule has 2 aromatic carbocycles. The van der Waals surface area contributed by atoms with Gasteiger partial charge in [0.25, 0.3) is 0 Å². The van der Waals surface area contributed by atoms with Crippen LogP contribution in [0.1, 0.15) is 24.4 Å². The first kappa shape index (κ1) is 18.4. The summed E-state index contributed by atoms with van der Waals surface area (Å²) in [6.07, 6.45) is 9.70. The van der Waals surface area contributed by atoms with Gasteiger partial charge in [0.15, 0.2) is 0 Å². The van der Waals surface area contributed by atoms with Gasteiger partial charge in [-0.1, -0.05) is 24.3 Å². The first-order valence-electron chi connectivity index (χ1n) is 10.8. The minimum atomic E-state index is -0.0976. The first-order valence-corrected chi connectivity index (χ1v) is 10.8. The van der Waals surface area contributed by atoms with E-state index in [1.807, 2.05) is 42.7 Å². The fourth-order valence-corrected chi connectivity index (χ4v) is 5.31. The number of halogens is 1. The van der Waals surface area contributed by atoms with Gasteiger partial charge in [-0.2, -0.15) is 5.10 Å². The number of hydrogen-bond donors (Lipinski definition) is 0. The summed E-state index contributed by atoms with van der Waals surface area (Å²) in [5.74, 6) is 0.302. The summed E-state index contributed by atoms with van der Waals surface area (Å²) >= 11 is 0. The van der Waals surface area contributed by atoms with Crippen LogP contribution in [0, 0.1) is 11.7 Å². The number of rotatable bonds is 3. The second kappa shape index (κ2) is 7.08. The number of benzene rings is 2. The second-order valence-corrected chi connectivity index (χ2v) is 8.61. The Kier molecular flexibility index (Phi) is 4.19. The van der Waals surface area contributed by atoms with Crippen molar-refractivity contribution in [3.63, 3.8) is 0 Å². The Morgan fingerprint density at radius 3 is 2.52 bits per heavy atom. The Balaban J connectivity index is 1.20. The van der Waals surface area contributed by atoms with Gasteiger partial charge < -0.3 is 9.47 Å². The lowest BCUT2D eigenvalue weighted by Gasteiger charge is -2.37. The van der Waals surface area contributed by atoms with E-state index in [1.165, 1.54) is 11.3 Å². The average molecular weight is 414 g/mol.